The second-order valence-electron chi connectivity index (χ2n) is 5.19. The number of ether oxygens (including phenoxy) is 1. The molecule has 1 aliphatic heterocycles. The maximum absolute atomic E-state index is 12.5. The molecule has 0 bridgehead atoms. The van der Waals surface area contributed by atoms with Gasteiger partial charge in [0, 0.05) is 18.6 Å². The zero-order chi connectivity index (χ0) is 13.0. The quantitative estimate of drug-likeness (QED) is 0.672. The van der Waals surface area contributed by atoms with Crippen molar-refractivity contribution in [3.05, 3.63) is 0 Å². The molecule has 1 saturated carbocycles. The molecule has 104 valence electrons. The Kier molecular flexibility index (Phi) is 4.97. The van der Waals surface area contributed by atoms with Crippen LogP contribution in [0.15, 0.2) is 0 Å². The van der Waals surface area contributed by atoms with E-state index in [4.69, 9.17) is 9.84 Å². The van der Waals surface area contributed by atoms with Gasteiger partial charge in [0.1, 0.15) is 0 Å². The van der Waals surface area contributed by atoms with Crippen LogP contribution in [-0.2, 0) is 9.53 Å². The predicted octanol–water partition coefficient (Wildman–Crippen LogP) is -0.0157. The Morgan fingerprint density at radius 3 is 2.83 bits per heavy atom. The summed E-state index contributed by atoms with van der Waals surface area (Å²) in [5.74, 6) is 0.0707. The average Bonchev–Trinajstić information content (AvgIpc) is 3.11. The first kappa shape index (κ1) is 13.8. The van der Waals surface area contributed by atoms with Crippen LogP contribution in [0.1, 0.15) is 26.2 Å². The highest BCUT2D eigenvalue weighted by atomic mass is 16.5. The molecule has 1 amide bonds. The first-order chi connectivity index (χ1) is 8.77. The summed E-state index contributed by atoms with van der Waals surface area (Å²) in [7, 11) is 0. The summed E-state index contributed by atoms with van der Waals surface area (Å²) < 4.78 is 5.44. The molecule has 2 N–H and O–H groups in total. The Hall–Kier alpha value is -0.650. The van der Waals surface area contributed by atoms with Crippen LogP contribution in [0.5, 0.6) is 0 Å². The molecule has 0 aromatic rings. The summed E-state index contributed by atoms with van der Waals surface area (Å²) in [5, 5.41) is 12.5. The Morgan fingerprint density at radius 1 is 1.44 bits per heavy atom. The Balaban J connectivity index is 1.92. The third-order valence-electron chi connectivity index (χ3n) is 3.67. The van der Waals surface area contributed by atoms with Crippen molar-refractivity contribution in [2.45, 2.75) is 38.3 Å². The lowest BCUT2D eigenvalue weighted by Crippen LogP contribution is -2.47. The van der Waals surface area contributed by atoms with Gasteiger partial charge in [-0.2, -0.15) is 0 Å². The minimum absolute atomic E-state index is 0.0445. The number of hydrogen-bond acceptors (Lipinski definition) is 4. The van der Waals surface area contributed by atoms with Crippen molar-refractivity contribution in [1.29, 1.82) is 0 Å². The number of rotatable bonds is 7. The van der Waals surface area contributed by atoms with Gasteiger partial charge in [0.2, 0.25) is 5.91 Å². The zero-order valence-electron chi connectivity index (χ0n) is 11.1. The smallest absolute Gasteiger partial charge is 0.230 e. The maximum atomic E-state index is 12.5. The molecule has 0 aromatic heterocycles. The molecule has 1 aliphatic carbocycles. The van der Waals surface area contributed by atoms with Crippen LogP contribution < -0.4 is 5.32 Å². The molecule has 2 fully saturated rings. The standard InChI is InChI=1S/C13H24N2O3/c1-2-5-14-12-9-18-8-11(12)13(17)15(6-7-16)10-3-4-10/h10-12,14,16H,2-9H2,1H3. The fourth-order valence-corrected chi connectivity index (χ4v) is 2.51. The first-order valence-electron chi connectivity index (χ1n) is 7.00. The van der Waals surface area contributed by atoms with Crippen molar-refractivity contribution in [2.75, 3.05) is 32.9 Å². The molecular formula is C13H24N2O3. The molecule has 1 heterocycles. The number of hydrogen-bond donors (Lipinski definition) is 2. The molecule has 5 nitrogen and oxygen atoms in total. The molecule has 18 heavy (non-hydrogen) atoms. The summed E-state index contributed by atoms with van der Waals surface area (Å²) in [5.41, 5.74) is 0. The van der Waals surface area contributed by atoms with Crippen LogP contribution in [0.2, 0.25) is 0 Å². The van der Waals surface area contributed by atoms with E-state index >= 15 is 0 Å². The molecule has 0 radical (unpaired) electrons. The Morgan fingerprint density at radius 2 is 2.22 bits per heavy atom. The second-order valence-corrected chi connectivity index (χ2v) is 5.19. The van der Waals surface area contributed by atoms with Gasteiger partial charge < -0.3 is 20.1 Å². The van der Waals surface area contributed by atoms with Crippen LogP contribution in [0.4, 0.5) is 0 Å². The SMILES string of the molecule is CCCNC1COCC1C(=O)N(CCO)C1CC1. The van der Waals surface area contributed by atoms with Crippen LogP contribution in [0, 0.1) is 5.92 Å². The number of aliphatic hydroxyl groups excluding tert-OH is 1. The van der Waals surface area contributed by atoms with Gasteiger partial charge in [0.25, 0.3) is 0 Å². The van der Waals surface area contributed by atoms with Crippen molar-refractivity contribution in [1.82, 2.24) is 10.2 Å². The lowest BCUT2D eigenvalue weighted by atomic mass is 10.0. The molecule has 2 aliphatic rings. The fraction of sp³-hybridized carbons (Fsp3) is 0.923. The van der Waals surface area contributed by atoms with Gasteiger partial charge in [-0.1, -0.05) is 6.92 Å². The number of carbonyl (C=O) groups is 1. The van der Waals surface area contributed by atoms with Crippen molar-refractivity contribution in [3.8, 4) is 0 Å². The van der Waals surface area contributed by atoms with Crippen LogP contribution >= 0.6 is 0 Å². The predicted molar refractivity (Wildman–Crippen MR) is 68.2 cm³/mol. The molecule has 5 heteroatoms. The number of nitrogens with zero attached hydrogens (tertiary/aromatic N) is 1. The topological polar surface area (TPSA) is 61.8 Å². The van der Waals surface area contributed by atoms with E-state index in [9.17, 15) is 4.79 Å². The third-order valence-corrected chi connectivity index (χ3v) is 3.67. The van der Waals surface area contributed by atoms with E-state index in [2.05, 4.69) is 12.2 Å². The van der Waals surface area contributed by atoms with E-state index in [1.54, 1.807) is 0 Å². The van der Waals surface area contributed by atoms with Gasteiger partial charge in [0.05, 0.1) is 25.7 Å². The second kappa shape index (κ2) is 6.50. The first-order valence-corrected chi connectivity index (χ1v) is 7.00. The van der Waals surface area contributed by atoms with Gasteiger partial charge >= 0.3 is 0 Å². The number of nitrogens with one attached hydrogen (secondary N) is 1. The Labute approximate surface area is 108 Å². The van der Waals surface area contributed by atoms with Crippen LogP contribution in [-0.4, -0.2) is 60.9 Å². The fourth-order valence-electron chi connectivity index (χ4n) is 2.51. The summed E-state index contributed by atoms with van der Waals surface area (Å²) in [6, 6.07) is 0.495. The summed E-state index contributed by atoms with van der Waals surface area (Å²) >= 11 is 0. The minimum Gasteiger partial charge on any atom is -0.395 e. The summed E-state index contributed by atoms with van der Waals surface area (Å²) in [6.45, 7) is 4.66. The monoisotopic (exact) mass is 256 g/mol. The van der Waals surface area contributed by atoms with Crippen LogP contribution in [0.3, 0.4) is 0 Å². The maximum Gasteiger partial charge on any atom is 0.230 e. The highest BCUT2D eigenvalue weighted by Crippen LogP contribution is 2.29. The summed E-state index contributed by atoms with van der Waals surface area (Å²) in [6.07, 6.45) is 3.21. The van der Waals surface area contributed by atoms with Gasteiger partial charge in [-0.25, -0.2) is 0 Å². The third kappa shape index (κ3) is 3.22. The molecule has 2 unspecified atom stereocenters. The molecule has 2 rings (SSSR count). The van der Waals surface area contributed by atoms with E-state index in [-0.39, 0.29) is 24.5 Å². The normalized spacial score (nSPS) is 27.4. The Bertz CT molecular complexity index is 281. The lowest BCUT2D eigenvalue weighted by molar-refractivity contribution is -0.137. The highest BCUT2D eigenvalue weighted by Gasteiger charge is 2.40. The van der Waals surface area contributed by atoms with Crippen molar-refractivity contribution < 1.29 is 14.6 Å². The molecule has 0 aromatic carbocycles. The lowest BCUT2D eigenvalue weighted by Gasteiger charge is -2.27. The van der Waals surface area contributed by atoms with Crippen LogP contribution in [0.25, 0.3) is 0 Å². The van der Waals surface area contributed by atoms with Crippen molar-refractivity contribution in [3.63, 3.8) is 0 Å². The molecule has 2 atom stereocenters. The molecule has 1 saturated heterocycles. The molecule has 0 spiro atoms. The van der Waals surface area contributed by atoms with Gasteiger partial charge in [-0.15, -0.1) is 0 Å². The van der Waals surface area contributed by atoms with Gasteiger partial charge in [-0.3, -0.25) is 4.79 Å². The summed E-state index contributed by atoms with van der Waals surface area (Å²) in [4.78, 5) is 14.3. The van der Waals surface area contributed by atoms with Crippen molar-refractivity contribution >= 4 is 5.91 Å². The van der Waals surface area contributed by atoms with E-state index in [1.807, 2.05) is 4.90 Å². The largest absolute Gasteiger partial charge is 0.395 e. The highest BCUT2D eigenvalue weighted by molar-refractivity contribution is 5.80. The molecular weight excluding hydrogens is 232 g/mol. The number of aliphatic hydroxyl groups is 1. The van der Waals surface area contributed by atoms with E-state index in [0.717, 1.165) is 25.8 Å². The van der Waals surface area contributed by atoms with Crippen molar-refractivity contribution in [2.24, 2.45) is 5.92 Å². The zero-order valence-corrected chi connectivity index (χ0v) is 11.1. The van der Waals surface area contributed by atoms with Gasteiger partial charge in [0.15, 0.2) is 0 Å². The van der Waals surface area contributed by atoms with E-state index in [1.165, 1.54) is 0 Å². The average molecular weight is 256 g/mol. The number of amides is 1. The number of carbonyl (C=O) groups excluding carboxylic acids is 1. The van der Waals surface area contributed by atoms with E-state index < -0.39 is 0 Å². The minimum atomic E-state index is -0.0799. The van der Waals surface area contributed by atoms with E-state index in [0.29, 0.717) is 25.8 Å². The van der Waals surface area contributed by atoms with Gasteiger partial charge in [-0.05, 0) is 25.8 Å².